The number of carboxylic acid groups (broad SMARTS) is 3. The van der Waals surface area contributed by atoms with Gasteiger partial charge in [-0.1, -0.05) is 60.1 Å². The first-order valence-electron chi connectivity index (χ1n) is 23.7. The molecule has 0 amide bonds. The highest BCUT2D eigenvalue weighted by atomic mass is 16.8. The predicted molar refractivity (Wildman–Crippen MR) is 226 cm³/mol. The summed E-state index contributed by atoms with van der Waals surface area (Å²) in [5, 5.41) is 93.2. The smallest absolute Gasteiger partial charge is 0.369 e. The van der Waals surface area contributed by atoms with E-state index >= 15 is 0 Å². The van der Waals surface area contributed by atoms with Gasteiger partial charge in [-0.2, -0.15) is 0 Å². The van der Waals surface area contributed by atoms with Gasteiger partial charge in [0.1, 0.15) is 49.3 Å². The van der Waals surface area contributed by atoms with Crippen molar-refractivity contribution in [3.05, 3.63) is 11.6 Å². The average Bonchev–Trinajstić information content (AvgIpc) is 3.24. The van der Waals surface area contributed by atoms with Gasteiger partial charge in [0.05, 0.1) is 18.1 Å². The molecule has 0 aromatic carbocycles. The van der Waals surface area contributed by atoms with Gasteiger partial charge >= 0.3 is 29.7 Å². The number of carbonyl (C=O) groups is 4. The minimum absolute atomic E-state index is 0.0811. The maximum atomic E-state index is 14.7. The molecule has 1 unspecified atom stereocenters. The molecule has 0 bridgehead atoms. The Kier molecular flexibility index (Phi) is 13.0. The van der Waals surface area contributed by atoms with Gasteiger partial charge in [-0.15, -0.1) is 0 Å². The van der Waals surface area contributed by atoms with Crippen LogP contribution in [0.2, 0.25) is 0 Å². The molecule has 20 heteroatoms. The molecule has 20 atom stereocenters. The van der Waals surface area contributed by atoms with E-state index in [9.17, 15) is 60.0 Å². The summed E-state index contributed by atoms with van der Waals surface area (Å²) in [6, 6.07) is 0. The third-order valence-electron chi connectivity index (χ3n) is 18.7. The summed E-state index contributed by atoms with van der Waals surface area (Å²) in [5.41, 5.74) is -1.07. The lowest BCUT2D eigenvalue weighted by Gasteiger charge is -2.71. The first-order valence-corrected chi connectivity index (χ1v) is 23.7. The van der Waals surface area contributed by atoms with Gasteiger partial charge in [-0.3, -0.25) is 4.79 Å². The summed E-state index contributed by atoms with van der Waals surface area (Å²) in [6.45, 7) is 14.0. The standard InChI is InChI=1S/C47H70O20/c1-41(2)14-16-46(39(59)66-36-30(53)29(52)28(51)23(19-48)62-36)17-15-44(6)21(22(46)18-41)8-9-25-43(5)12-11-26(42(3,4)24(43)10-13-45(25,44)7)63-37-31(54)32-33(34(64-37)35(55)56)67-47(60,38(57)58)40(65-32)61-20-27(49)50/h8,22-26,28-34,36-37,40,48,51-54,60H,9-20H2,1-7H3,(H,49,50)(H,55,56)(H,57,58)/t22-,23+,24-,25+,26-,28+,29-,30+,31+,32+,33-,34-,36-,37?,40-,43-,44+,45+,46-,47-/m0/s1. The summed E-state index contributed by atoms with van der Waals surface area (Å²) in [5.74, 6) is -8.93. The molecule has 3 saturated heterocycles. The monoisotopic (exact) mass is 954 g/mol. The SMILES string of the molecule is CC1(C)CC[C@]2(C(=O)O[C@@H]3O[C@H](CO)[C@@H](O)[C@H](O)[C@H]3O)CC[C@]3(C)C(=CC[C@@H]4[C@@]5(C)CC[C@H](OC6O[C@H](C(=O)O)[C@H]7O[C@@](O)(C(=O)O)[C@@H](OCC(=O)O)O[C@@H]7[C@H]6O)C(C)(C)[C@@H]5CC[C@]43C)[C@@H]2C1. The summed E-state index contributed by atoms with van der Waals surface area (Å²) >= 11 is 0. The van der Waals surface area contributed by atoms with Crippen molar-refractivity contribution >= 4 is 23.9 Å². The minimum Gasteiger partial charge on any atom is -0.480 e. The summed E-state index contributed by atoms with van der Waals surface area (Å²) in [4.78, 5) is 50.6. The number of rotatable bonds is 10. The molecule has 8 aliphatic rings. The van der Waals surface area contributed by atoms with Crippen molar-refractivity contribution in [2.75, 3.05) is 13.2 Å². The zero-order valence-corrected chi connectivity index (χ0v) is 39.2. The molecule has 0 radical (unpaired) electrons. The van der Waals surface area contributed by atoms with Crippen molar-refractivity contribution in [2.45, 2.75) is 192 Å². The second kappa shape index (κ2) is 17.2. The topological polar surface area (TPSA) is 315 Å². The van der Waals surface area contributed by atoms with Crippen LogP contribution >= 0.6 is 0 Å². The lowest BCUT2D eigenvalue weighted by molar-refractivity contribution is -0.435. The highest BCUT2D eigenvalue weighted by molar-refractivity contribution is 5.79. The number of esters is 1. The van der Waals surface area contributed by atoms with Crippen molar-refractivity contribution in [1.29, 1.82) is 0 Å². The summed E-state index contributed by atoms with van der Waals surface area (Å²) in [6.07, 6.45) is -10.2. The fourth-order valence-corrected chi connectivity index (χ4v) is 14.7. The maximum Gasteiger partial charge on any atom is 0.369 e. The molecule has 0 aromatic heterocycles. The van der Waals surface area contributed by atoms with E-state index in [2.05, 4.69) is 54.5 Å². The molecule has 3 aliphatic heterocycles. The normalized spacial score (nSPS) is 49.9. The van der Waals surface area contributed by atoms with Crippen LogP contribution in [0.4, 0.5) is 0 Å². The number of aliphatic carboxylic acids is 3. The summed E-state index contributed by atoms with van der Waals surface area (Å²) in [7, 11) is 0. The third kappa shape index (κ3) is 7.78. The Morgan fingerprint density at radius 3 is 2.09 bits per heavy atom. The van der Waals surface area contributed by atoms with E-state index in [0.717, 1.165) is 32.1 Å². The van der Waals surface area contributed by atoms with Gasteiger partial charge in [0, 0.05) is 0 Å². The van der Waals surface area contributed by atoms with Crippen LogP contribution in [-0.4, -0.2) is 163 Å². The number of ether oxygens (including phenoxy) is 7. The average molecular weight is 955 g/mol. The number of fused-ring (bicyclic) bond motifs is 8. The lowest BCUT2D eigenvalue weighted by atomic mass is 9.33. The van der Waals surface area contributed by atoms with E-state index in [1.807, 2.05) is 0 Å². The molecule has 378 valence electrons. The highest BCUT2D eigenvalue weighted by Crippen LogP contribution is 2.76. The van der Waals surface area contributed by atoms with Crippen LogP contribution in [0, 0.1) is 50.2 Å². The number of hydrogen-bond acceptors (Lipinski definition) is 17. The number of allylic oxidation sites excluding steroid dienone is 2. The highest BCUT2D eigenvalue weighted by Gasteiger charge is 2.71. The van der Waals surface area contributed by atoms with E-state index in [1.54, 1.807) is 0 Å². The molecule has 5 aliphatic carbocycles. The first kappa shape index (κ1) is 50.5. The number of carboxylic acids is 3. The Morgan fingerprint density at radius 2 is 1.45 bits per heavy atom. The molecule has 0 aromatic rings. The molecule has 67 heavy (non-hydrogen) atoms. The molecule has 3 heterocycles. The van der Waals surface area contributed by atoms with Crippen molar-refractivity contribution in [3.8, 4) is 0 Å². The summed E-state index contributed by atoms with van der Waals surface area (Å²) < 4.78 is 40.0. The van der Waals surface area contributed by atoms with Crippen molar-refractivity contribution in [1.82, 2.24) is 0 Å². The predicted octanol–water partition coefficient (Wildman–Crippen LogP) is 1.67. The van der Waals surface area contributed by atoms with E-state index in [1.165, 1.54) is 5.57 Å². The Bertz CT molecular complexity index is 1990. The Labute approximate surface area is 388 Å². The van der Waals surface area contributed by atoms with Crippen molar-refractivity contribution in [2.24, 2.45) is 50.2 Å². The van der Waals surface area contributed by atoms with Gasteiger partial charge in [0.2, 0.25) is 12.6 Å². The lowest BCUT2D eigenvalue weighted by Crippen LogP contribution is -2.72. The number of aliphatic hydroxyl groups excluding tert-OH is 5. The van der Waals surface area contributed by atoms with E-state index in [4.69, 9.17) is 38.3 Å². The minimum atomic E-state index is -3.34. The van der Waals surface area contributed by atoms with Crippen molar-refractivity contribution in [3.63, 3.8) is 0 Å². The van der Waals surface area contributed by atoms with E-state index < -0.39 is 128 Å². The van der Waals surface area contributed by atoms with Gasteiger partial charge in [0.25, 0.3) is 0 Å². The zero-order chi connectivity index (χ0) is 49.2. The van der Waals surface area contributed by atoms with Gasteiger partial charge < -0.3 is 79.1 Å². The molecular weight excluding hydrogens is 884 g/mol. The number of hydrogen-bond donors (Lipinski definition) is 9. The Balaban J connectivity index is 1.03. The van der Waals surface area contributed by atoms with Crippen LogP contribution < -0.4 is 0 Å². The van der Waals surface area contributed by atoms with Gasteiger partial charge in [0.15, 0.2) is 12.4 Å². The van der Waals surface area contributed by atoms with Crippen LogP contribution in [0.3, 0.4) is 0 Å². The number of carbonyl (C=O) groups excluding carboxylic acids is 1. The molecular formula is C47H70O20. The van der Waals surface area contributed by atoms with E-state index in [0.29, 0.717) is 32.1 Å². The van der Waals surface area contributed by atoms with Crippen molar-refractivity contribution < 1.29 is 98.3 Å². The van der Waals surface area contributed by atoms with Crippen LogP contribution in [-0.2, 0) is 52.3 Å². The molecule has 4 saturated carbocycles. The molecule has 0 spiro atoms. The van der Waals surface area contributed by atoms with Crippen LogP contribution in [0.15, 0.2) is 11.6 Å². The van der Waals surface area contributed by atoms with Crippen LogP contribution in [0.5, 0.6) is 0 Å². The second-order valence-corrected chi connectivity index (χ2v) is 22.9. The van der Waals surface area contributed by atoms with Gasteiger partial charge in [-0.05, 0) is 109 Å². The first-order chi connectivity index (χ1) is 31.1. The maximum absolute atomic E-state index is 14.7. The zero-order valence-electron chi connectivity index (χ0n) is 39.2. The van der Waals surface area contributed by atoms with Gasteiger partial charge in [-0.25, -0.2) is 14.4 Å². The van der Waals surface area contributed by atoms with Crippen LogP contribution in [0.25, 0.3) is 0 Å². The molecule has 9 N–H and O–H groups in total. The number of aliphatic hydroxyl groups is 6. The molecule has 20 nitrogen and oxygen atoms in total. The van der Waals surface area contributed by atoms with E-state index in [-0.39, 0.29) is 39.4 Å². The fourth-order valence-electron chi connectivity index (χ4n) is 14.7. The third-order valence-corrected chi connectivity index (χ3v) is 18.7. The second-order valence-electron chi connectivity index (χ2n) is 22.9. The largest absolute Gasteiger partial charge is 0.480 e. The Morgan fingerprint density at radius 1 is 0.761 bits per heavy atom. The fraction of sp³-hybridized carbons (Fsp3) is 0.872. The quantitative estimate of drug-likeness (QED) is 0.0854. The molecule has 7 fully saturated rings. The Hall–Kier alpha value is -2.86. The van der Waals surface area contributed by atoms with Crippen LogP contribution in [0.1, 0.15) is 113 Å². The molecule has 8 rings (SSSR count).